The Hall–Kier alpha value is -0.260. The Kier molecular flexibility index (Phi) is 4.03. The minimum atomic E-state index is -3.78. The molecule has 1 aromatic carbocycles. The lowest BCUT2D eigenvalue weighted by molar-refractivity contribution is 0.329. The summed E-state index contributed by atoms with van der Waals surface area (Å²) in [5.74, 6) is 0.315. The summed E-state index contributed by atoms with van der Waals surface area (Å²) in [7, 11) is 1.53. The summed E-state index contributed by atoms with van der Waals surface area (Å²) >= 11 is 3.21. The largest absolute Gasteiger partial charge is 0.492 e. The fourth-order valence-corrected chi connectivity index (χ4v) is 2.99. The van der Waals surface area contributed by atoms with Crippen LogP contribution in [-0.4, -0.2) is 15.0 Å². The fraction of sp³-hybridized carbons (Fsp3) is 0.333. The van der Waals surface area contributed by atoms with Gasteiger partial charge in [-0.05, 0) is 31.5 Å². The molecule has 0 unspecified atom stereocenters. The molecule has 0 fully saturated rings. The van der Waals surface area contributed by atoms with Crippen LogP contribution >= 0.6 is 26.6 Å². The van der Waals surface area contributed by atoms with E-state index in [1.165, 1.54) is 6.07 Å². The van der Waals surface area contributed by atoms with Gasteiger partial charge in [-0.2, -0.15) is 0 Å². The molecule has 0 aliphatic carbocycles. The second-order valence-corrected chi connectivity index (χ2v) is 6.37. The Bertz CT molecular complexity index is 470. The quantitative estimate of drug-likeness (QED) is 0.805. The van der Waals surface area contributed by atoms with Crippen molar-refractivity contribution in [3.05, 3.63) is 22.2 Å². The molecule has 84 valence electrons. The Balaban J connectivity index is 3.47. The second kappa shape index (κ2) is 4.72. The zero-order valence-corrected chi connectivity index (χ0v) is 11.4. The lowest BCUT2D eigenvalue weighted by Gasteiger charge is -2.11. The molecule has 0 saturated heterocycles. The molecule has 6 heteroatoms. The van der Waals surface area contributed by atoms with Crippen LogP contribution in [0.3, 0.4) is 0 Å². The summed E-state index contributed by atoms with van der Waals surface area (Å²) in [5, 5.41) is 0. The molecule has 15 heavy (non-hydrogen) atoms. The predicted molar refractivity (Wildman–Crippen MR) is 63.1 cm³/mol. The van der Waals surface area contributed by atoms with Crippen molar-refractivity contribution >= 4 is 35.7 Å². The Labute approximate surface area is 102 Å². The van der Waals surface area contributed by atoms with Gasteiger partial charge in [-0.15, -0.1) is 0 Å². The summed E-state index contributed by atoms with van der Waals surface area (Å²) in [6.45, 7) is 3.94. The molecule has 0 N–H and O–H groups in total. The topological polar surface area (TPSA) is 43.4 Å². The number of hydrogen-bond donors (Lipinski definition) is 0. The van der Waals surface area contributed by atoms with E-state index in [-0.39, 0.29) is 4.90 Å². The summed E-state index contributed by atoms with van der Waals surface area (Å²) < 4.78 is 28.5. The minimum Gasteiger partial charge on any atom is -0.492 e. The van der Waals surface area contributed by atoms with Gasteiger partial charge in [0.15, 0.2) is 0 Å². The van der Waals surface area contributed by atoms with E-state index >= 15 is 0 Å². The zero-order chi connectivity index (χ0) is 11.6. The molecular weight excluding hydrogens is 304 g/mol. The van der Waals surface area contributed by atoms with Crippen molar-refractivity contribution < 1.29 is 13.2 Å². The van der Waals surface area contributed by atoms with Crippen molar-refractivity contribution in [3.63, 3.8) is 0 Å². The maximum Gasteiger partial charge on any atom is 0.265 e. The molecular formula is C9H10BrClO3S. The average Bonchev–Trinajstić information content (AvgIpc) is 2.07. The zero-order valence-electron chi connectivity index (χ0n) is 8.25. The van der Waals surface area contributed by atoms with Crippen LogP contribution in [0.4, 0.5) is 0 Å². The van der Waals surface area contributed by atoms with Gasteiger partial charge in [0.25, 0.3) is 9.05 Å². The van der Waals surface area contributed by atoms with E-state index in [1.54, 1.807) is 19.9 Å². The Morgan fingerprint density at radius 3 is 2.53 bits per heavy atom. The van der Waals surface area contributed by atoms with Crippen LogP contribution in [0.15, 0.2) is 21.5 Å². The van der Waals surface area contributed by atoms with Crippen molar-refractivity contribution in [3.8, 4) is 5.75 Å². The molecule has 0 amide bonds. The summed E-state index contributed by atoms with van der Waals surface area (Å²) in [4.78, 5) is -0.00195. The van der Waals surface area contributed by atoms with Gasteiger partial charge in [-0.3, -0.25) is 0 Å². The first-order chi connectivity index (χ1) is 6.86. The maximum atomic E-state index is 11.3. The summed E-state index contributed by atoms with van der Waals surface area (Å²) in [6.07, 6.45) is 0. The maximum absolute atomic E-state index is 11.3. The van der Waals surface area contributed by atoms with Crippen molar-refractivity contribution in [1.29, 1.82) is 0 Å². The van der Waals surface area contributed by atoms with E-state index in [1.807, 2.05) is 0 Å². The third-order valence-corrected chi connectivity index (χ3v) is 3.54. The number of benzene rings is 1. The number of rotatable bonds is 3. The Morgan fingerprint density at radius 2 is 2.07 bits per heavy atom. The highest BCUT2D eigenvalue weighted by Gasteiger charge is 2.19. The first-order valence-electron chi connectivity index (χ1n) is 4.24. The van der Waals surface area contributed by atoms with Crippen molar-refractivity contribution in [2.45, 2.75) is 18.7 Å². The lowest BCUT2D eigenvalue weighted by atomic mass is 10.2. The van der Waals surface area contributed by atoms with E-state index < -0.39 is 9.05 Å². The number of ether oxygens (including phenoxy) is 1. The molecule has 0 radical (unpaired) electrons. The Morgan fingerprint density at radius 1 is 1.47 bits per heavy atom. The number of hydrogen-bond acceptors (Lipinski definition) is 3. The van der Waals surface area contributed by atoms with Crippen molar-refractivity contribution in [2.24, 2.45) is 0 Å². The van der Waals surface area contributed by atoms with Gasteiger partial charge in [0.1, 0.15) is 10.6 Å². The first-order valence-corrected chi connectivity index (χ1v) is 7.34. The first kappa shape index (κ1) is 12.8. The normalized spacial score (nSPS) is 11.5. The van der Waals surface area contributed by atoms with E-state index in [2.05, 4.69) is 15.9 Å². The third kappa shape index (κ3) is 3.09. The lowest BCUT2D eigenvalue weighted by Crippen LogP contribution is -2.01. The summed E-state index contributed by atoms with van der Waals surface area (Å²) in [5.41, 5.74) is 0.727. The molecule has 0 saturated carbocycles. The van der Waals surface area contributed by atoms with Gasteiger partial charge in [0, 0.05) is 15.2 Å². The predicted octanol–water partition coefficient (Wildman–Crippen LogP) is 3.08. The van der Waals surface area contributed by atoms with E-state index in [9.17, 15) is 8.42 Å². The smallest absolute Gasteiger partial charge is 0.265 e. The van der Waals surface area contributed by atoms with Gasteiger partial charge in [0.2, 0.25) is 0 Å². The van der Waals surface area contributed by atoms with E-state index in [4.69, 9.17) is 15.4 Å². The summed E-state index contributed by atoms with van der Waals surface area (Å²) in [6, 6.07) is 3.21. The molecule has 3 nitrogen and oxygen atoms in total. The average molecular weight is 314 g/mol. The minimum absolute atomic E-state index is 0.00195. The molecule has 0 aliphatic heterocycles. The highest BCUT2D eigenvalue weighted by molar-refractivity contribution is 9.10. The monoisotopic (exact) mass is 312 g/mol. The molecule has 0 heterocycles. The van der Waals surface area contributed by atoms with Crippen LogP contribution in [0.1, 0.15) is 12.5 Å². The van der Waals surface area contributed by atoms with Gasteiger partial charge in [0.05, 0.1) is 6.61 Å². The van der Waals surface area contributed by atoms with Crippen LogP contribution in [0.25, 0.3) is 0 Å². The molecule has 1 aromatic rings. The van der Waals surface area contributed by atoms with Crippen molar-refractivity contribution in [2.75, 3.05) is 6.61 Å². The SMILES string of the molecule is CCOc1c(C)cc(Br)cc1S(=O)(=O)Cl. The standard InChI is InChI=1S/C9H10BrClO3S/c1-3-14-9-6(2)4-7(10)5-8(9)15(11,12)13/h4-5H,3H2,1-2H3. The van der Waals surface area contributed by atoms with Gasteiger partial charge >= 0.3 is 0 Å². The molecule has 0 atom stereocenters. The molecule has 0 aromatic heterocycles. The third-order valence-electron chi connectivity index (χ3n) is 1.76. The van der Waals surface area contributed by atoms with Crippen LogP contribution < -0.4 is 4.74 Å². The fourth-order valence-electron chi connectivity index (χ4n) is 1.21. The second-order valence-electron chi connectivity index (χ2n) is 2.92. The van der Waals surface area contributed by atoms with E-state index in [0.717, 1.165) is 5.56 Å². The van der Waals surface area contributed by atoms with Crippen molar-refractivity contribution in [1.82, 2.24) is 0 Å². The van der Waals surface area contributed by atoms with E-state index in [0.29, 0.717) is 16.8 Å². The van der Waals surface area contributed by atoms with Gasteiger partial charge in [-0.25, -0.2) is 8.42 Å². The van der Waals surface area contributed by atoms with Crippen LogP contribution in [-0.2, 0) is 9.05 Å². The molecule has 0 bridgehead atoms. The van der Waals surface area contributed by atoms with Gasteiger partial charge in [-0.1, -0.05) is 15.9 Å². The van der Waals surface area contributed by atoms with Gasteiger partial charge < -0.3 is 4.74 Å². The number of halogens is 2. The highest BCUT2D eigenvalue weighted by Crippen LogP contribution is 2.33. The van der Waals surface area contributed by atoms with Crippen LogP contribution in [0, 0.1) is 6.92 Å². The highest BCUT2D eigenvalue weighted by atomic mass is 79.9. The van der Waals surface area contributed by atoms with Crippen LogP contribution in [0.5, 0.6) is 5.75 Å². The molecule has 0 spiro atoms. The number of aryl methyl sites for hydroxylation is 1. The molecule has 0 aliphatic rings. The van der Waals surface area contributed by atoms with Crippen LogP contribution in [0.2, 0.25) is 0 Å². The molecule has 1 rings (SSSR count).